The summed E-state index contributed by atoms with van der Waals surface area (Å²) < 4.78 is 12.5. The van der Waals surface area contributed by atoms with Crippen LogP contribution in [0.3, 0.4) is 0 Å². The SMILES string of the molecule is COc1ccc(-n2nc(C(=O)NCC(=O)Cc3nc4ccc(OC)cc4s3)c3ccccc3c2=O)cc1. The molecule has 3 aromatic carbocycles. The van der Waals surface area contributed by atoms with Crippen LogP contribution in [0, 0.1) is 0 Å². The standard InChI is InChI=1S/C27H22N4O5S/c1-35-18-9-7-16(8-10-18)31-27(34)21-6-4-3-5-20(21)25(30-31)26(33)28-15-17(32)13-24-29-22-12-11-19(36-2)14-23(22)37-24/h3-12,14H,13,15H2,1-2H3,(H,28,33). The van der Waals surface area contributed by atoms with Crippen molar-refractivity contribution < 1.29 is 19.1 Å². The number of ether oxygens (including phenoxy) is 2. The average Bonchev–Trinajstić information content (AvgIpc) is 3.33. The van der Waals surface area contributed by atoms with Crippen LogP contribution in [-0.2, 0) is 11.2 Å². The molecule has 186 valence electrons. The van der Waals surface area contributed by atoms with Crippen LogP contribution in [0.25, 0.3) is 26.7 Å². The minimum atomic E-state index is -0.555. The van der Waals surface area contributed by atoms with Gasteiger partial charge in [-0.25, -0.2) is 4.98 Å². The van der Waals surface area contributed by atoms with Gasteiger partial charge in [-0.3, -0.25) is 14.4 Å². The number of nitrogens with zero attached hydrogens (tertiary/aromatic N) is 3. The molecule has 0 bridgehead atoms. The highest BCUT2D eigenvalue weighted by molar-refractivity contribution is 7.18. The van der Waals surface area contributed by atoms with E-state index in [0.717, 1.165) is 16.0 Å². The number of Topliss-reactive ketones (excluding diaryl/α,β-unsaturated/α-hetero) is 1. The van der Waals surface area contributed by atoms with Crippen molar-refractivity contribution in [1.29, 1.82) is 0 Å². The van der Waals surface area contributed by atoms with Gasteiger partial charge in [0, 0.05) is 5.39 Å². The number of methoxy groups -OCH3 is 2. The summed E-state index contributed by atoms with van der Waals surface area (Å²) in [5.41, 5.74) is 0.954. The van der Waals surface area contributed by atoms with Gasteiger partial charge in [0.25, 0.3) is 11.5 Å². The van der Waals surface area contributed by atoms with Gasteiger partial charge in [-0.15, -0.1) is 11.3 Å². The predicted molar refractivity (Wildman–Crippen MR) is 141 cm³/mol. The fourth-order valence-corrected chi connectivity index (χ4v) is 4.93. The lowest BCUT2D eigenvalue weighted by molar-refractivity contribution is -0.117. The molecule has 5 rings (SSSR count). The molecule has 1 N–H and O–H groups in total. The molecule has 2 aromatic heterocycles. The van der Waals surface area contributed by atoms with Gasteiger partial charge in [0.1, 0.15) is 16.5 Å². The average molecular weight is 515 g/mol. The number of aromatic nitrogens is 3. The van der Waals surface area contributed by atoms with Crippen molar-refractivity contribution in [2.45, 2.75) is 6.42 Å². The Morgan fingerprint density at radius 3 is 2.38 bits per heavy atom. The quantitative estimate of drug-likeness (QED) is 0.337. The summed E-state index contributed by atoms with van der Waals surface area (Å²) in [6.07, 6.45) is 0.0848. The van der Waals surface area contributed by atoms with Crippen LogP contribution in [-0.4, -0.2) is 47.2 Å². The lowest BCUT2D eigenvalue weighted by Gasteiger charge is -2.11. The molecule has 0 radical (unpaired) electrons. The van der Waals surface area contributed by atoms with Crippen LogP contribution in [0.1, 0.15) is 15.5 Å². The van der Waals surface area contributed by atoms with Gasteiger partial charge in [0.05, 0.1) is 48.5 Å². The Labute approximate surface area is 215 Å². The second kappa shape index (κ2) is 10.2. The van der Waals surface area contributed by atoms with Crippen molar-refractivity contribution in [2.75, 3.05) is 20.8 Å². The zero-order chi connectivity index (χ0) is 25.9. The summed E-state index contributed by atoms with van der Waals surface area (Å²) in [6.45, 7) is -0.199. The number of rotatable bonds is 8. The number of nitrogens with one attached hydrogen (secondary N) is 1. The molecule has 0 saturated heterocycles. The minimum absolute atomic E-state index is 0.0471. The van der Waals surface area contributed by atoms with E-state index in [9.17, 15) is 14.4 Å². The van der Waals surface area contributed by atoms with Gasteiger partial charge in [0.15, 0.2) is 11.5 Å². The van der Waals surface area contributed by atoms with E-state index in [1.54, 1.807) is 62.8 Å². The maximum absolute atomic E-state index is 13.1. The fourth-order valence-electron chi connectivity index (χ4n) is 3.90. The zero-order valence-electron chi connectivity index (χ0n) is 20.1. The van der Waals surface area contributed by atoms with E-state index < -0.39 is 5.91 Å². The molecule has 0 aliphatic carbocycles. The third kappa shape index (κ3) is 4.91. The first-order valence-corrected chi connectivity index (χ1v) is 12.2. The van der Waals surface area contributed by atoms with Gasteiger partial charge in [-0.1, -0.05) is 18.2 Å². The third-order valence-corrected chi connectivity index (χ3v) is 6.79. The smallest absolute Gasteiger partial charge is 0.279 e. The molecule has 9 nitrogen and oxygen atoms in total. The summed E-state index contributed by atoms with van der Waals surface area (Å²) in [7, 11) is 3.14. The Morgan fingerprint density at radius 1 is 0.946 bits per heavy atom. The zero-order valence-corrected chi connectivity index (χ0v) is 20.9. The first-order chi connectivity index (χ1) is 18.0. The van der Waals surface area contributed by atoms with Gasteiger partial charge < -0.3 is 14.8 Å². The van der Waals surface area contributed by atoms with Gasteiger partial charge in [-0.05, 0) is 48.5 Å². The van der Waals surface area contributed by atoms with Gasteiger partial charge in [-0.2, -0.15) is 9.78 Å². The summed E-state index contributed by atoms with van der Waals surface area (Å²) in [6, 6.07) is 19.1. The van der Waals surface area contributed by atoms with Crippen molar-refractivity contribution in [3.05, 3.63) is 87.8 Å². The summed E-state index contributed by atoms with van der Waals surface area (Å²) in [5, 5.41) is 8.40. The molecule has 5 aromatic rings. The molecule has 0 fully saturated rings. The number of amides is 1. The molecule has 0 aliphatic rings. The van der Waals surface area contributed by atoms with Gasteiger partial charge in [0.2, 0.25) is 0 Å². The van der Waals surface area contributed by atoms with E-state index in [0.29, 0.717) is 27.2 Å². The minimum Gasteiger partial charge on any atom is -0.497 e. The monoisotopic (exact) mass is 514 g/mol. The van der Waals surface area contributed by atoms with E-state index in [2.05, 4.69) is 15.4 Å². The molecule has 0 atom stereocenters. The van der Waals surface area contributed by atoms with Crippen LogP contribution in [0.15, 0.2) is 71.5 Å². The highest BCUT2D eigenvalue weighted by Crippen LogP contribution is 2.26. The maximum atomic E-state index is 13.1. The van der Waals surface area contributed by atoms with Crippen LogP contribution in [0.5, 0.6) is 11.5 Å². The lowest BCUT2D eigenvalue weighted by Crippen LogP contribution is -2.33. The normalized spacial score (nSPS) is 11.0. The third-order valence-electron chi connectivity index (χ3n) is 5.77. The van der Waals surface area contributed by atoms with E-state index >= 15 is 0 Å². The van der Waals surface area contributed by atoms with E-state index in [1.807, 2.05) is 18.2 Å². The summed E-state index contributed by atoms with van der Waals surface area (Å²) >= 11 is 1.41. The molecule has 0 aliphatic heterocycles. The number of thiazole rings is 1. The lowest BCUT2D eigenvalue weighted by atomic mass is 10.1. The first kappa shape index (κ1) is 24.1. The number of fused-ring (bicyclic) bond motifs is 2. The summed E-state index contributed by atoms with van der Waals surface area (Å²) in [4.78, 5) is 43.4. The molecule has 37 heavy (non-hydrogen) atoms. The molecule has 2 heterocycles. The van der Waals surface area contributed by atoms with Crippen LogP contribution < -0.4 is 20.3 Å². The van der Waals surface area contributed by atoms with E-state index in [1.165, 1.54) is 16.0 Å². The van der Waals surface area contributed by atoms with Crippen molar-refractivity contribution in [3.8, 4) is 17.2 Å². The number of benzene rings is 3. The van der Waals surface area contributed by atoms with Crippen molar-refractivity contribution in [2.24, 2.45) is 0 Å². The maximum Gasteiger partial charge on any atom is 0.279 e. The Balaban J connectivity index is 1.37. The topological polar surface area (TPSA) is 112 Å². The largest absolute Gasteiger partial charge is 0.497 e. The second-order valence-electron chi connectivity index (χ2n) is 8.15. The Morgan fingerprint density at radius 2 is 1.65 bits per heavy atom. The highest BCUT2D eigenvalue weighted by atomic mass is 32.1. The van der Waals surface area contributed by atoms with E-state index in [-0.39, 0.29) is 30.0 Å². The van der Waals surface area contributed by atoms with Gasteiger partial charge >= 0.3 is 0 Å². The Bertz CT molecular complexity index is 1690. The van der Waals surface area contributed by atoms with Crippen molar-refractivity contribution >= 4 is 44.0 Å². The van der Waals surface area contributed by atoms with Crippen molar-refractivity contribution in [3.63, 3.8) is 0 Å². The Hall–Kier alpha value is -4.57. The fraction of sp³-hybridized carbons (Fsp3) is 0.148. The van der Waals surface area contributed by atoms with Crippen molar-refractivity contribution in [1.82, 2.24) is 20.1 Å². The van der Waals surface area contributed by atoms with Crippen LogP contribution in [0.4, 0.5) is 0 Å². The molecule has 10 heteroatoms. The molecule has 0 saturated carbocycles. The second-order valence-corrected chi connectivity index (χ2v) is 9.26. The molecular weight excluding hydrogens is 492 g/mol. The molecule has 0 unspecified atom stereocenters. The van der Waals surface area contributed by atoms with Crippen LogP contribution in [0.2, 0.25) is 0 Å². The number of ketones is 1. The highest BCUT2D eigenvalue weighted by Gasteiger charge is 2.19. The molecule has 0 spiro atoms. The first-order valence-electron chi connectivity index (χ1n) is 11.4. The molecular formula is C27H22N4O5S. The number of hydrogen-bond acceptors (Lipinski definition) is 8. The summed E-state index contributed by atoms with van der Waals surface area (Å²) in [5.74, 6) is 0.589. The molecule has 1 amide bonds. The number of carbonyl (C=O) groups is 2. The predicted octanol–water partition coefficient (Wildman–Crippen LogP) is 3.55. The Kier molecular flexibility index (Phi) is 6.65. The number of hydrogen-bond donors (Lipinski definition) is 1. The van der Waals surface area contributed by atoms with E-state index in [4.69, 9.17) is 9.47 Å². The number of carbonyl (C=O) groups excluding carboxylic acids is 2. The van der Waals surface area contributed by atoms with Crippen LogP contribution >= 0.6 is 11.3 Å².